The van der Waals surface area contributed by atoms with Crippen molar-refractivity contribution < 1.29 is 23.5 Å². The summed E-state index contributed by atoms with van der Waals surface area (Å²) < 4.78 is 26.5. The minimum absolute atomic E-state index is 0.0554. The molecule has 0 spiro atoms. The molecule has 24 heavy (non-hydrogen) atoms. The Balaban J connectivity index is 2.09. The van der Waals surface area contributed by atoms with Gasteiger partial charge in [-0.1, -0.05) is 19.9 Å². The number of carboxylic acid groups (broad SMARTS) is 1. The van der Waals surface area contributed by atoms with Crippen molar-refractivity contribution in [2.24, 2.45) is 5.92 Å². The summed E-state index contributed by atoms with van der Waals surface area (Å²) in [6, 6.07) is 4.77. The van der Waals surface area contributed by atoms with Gasteiger partial charge in [0.2, 0.25) is 0 Å². The number of carboxylic acids is 1. The molecule has 0 saturated heterocycles. The molecule has 1 atom stereocenters. The van der Waals surface area contributed by atoms with Crippen molar-refractivity contribution in [1.82, 2.24) is 15.5 Å². The normalized spacial score (nSPS) is 12.2. The van der Waals surface area contributed by atoms with Gasteiger partial charge in [-0.3, -0.25) is 9.89 Å². The van der Waals surface area contributed by atoms with Gasteiger partial charge in [0.25, 0.3) is 5.91 Å². The number of aromatic amines is 1. The first-order chi connectivity index (χ1) is 11.3. The average molecular weight is 337 g/mol. The molecule has 3 N–H and O–H groups in total. The van der Waals surface area contributed by atoms with Crippen LogP contribution in [0.2, 0.25) is 0 Å². The number of rotatable bonds is 6. The van der Waals surface area contributed by atoms with Gasteiger partial charge >= 0.3 is 5.97 Å². The van der Waals surface area contributed by atoms with E-state index in [0.717, 1.165) is 18.2 Å². The Kier molecular flexibility index (Phi) is 5.28. The lowest BCUT2D eigenvalue weighted by molar-refractivity contribution is 0.0690. The third-order valence-corrected chi connectivity index (χ3v) is 3.70. The third-order valence-electron chi connectivity index (χ3n) is 3.70. The zero-order valence-corrected chi connectivity index (χ0v) is 13.1. The van der Waals surface area contributed by atoms with E-state index in [1.807, 2.05) is 13.8 Å². The second-order valence-electron chi connectivity index (χ2n) is 5.71. The maximum atomic E-state index is 13.4. The van der Waals surface area contributed by atoms with Crippen molar-refractivity contribution in [2.45, 2.75) is 19.8 Å². The Morgan fingerprint density at radius 2 is 1.96 bits per heavy atom. The summed E-state index contributed by atoms with van der Waals surface area (Å²) >= 11 is 0. The van der Waals surface area contributed by atoms with E-state index in [2.05, 4.69) is 15.5 Å². The Morgan fingerprint density at radius 1 is 1.25 bits per heavy atom. The summed E-state index contributed by atoms with van der Waals surface area (Å²) in [6.07, 6.45) is 0. The lowest BCUT2D eigenvalue weighted by Gasteiger charge is -2.21. The molecular formula is C16H17F2N3O3. The SMILES string of the molecule is CC(C)C(CNC(=O)c1cc(C(=O)O)[nH]n1)c1ccc(F)c(F)c1. The number of H-pyrrole nitrogens is 1. The maximum Gasteiger partial charge on any atom is 0.353 e. The molecule has 0 aliphatic heterocycles. The highest BCUT2D eigenvalue weighted by molar-refractivity contribution is 5.95. The minimum Gasteiger partial charge on any atom is -0.477 e. The third kappa shape index (κ3) is 3.95. The maximum absolute atomic E-state index is 13.4. The summed E-state index contributed by atoms with van der Waals surface area (Å²) in [5, 5.41) is 17.3. The van der Waals surface area contributed by atoms with Gasteiger partial charge in [-0.15, -0.1) is 0 Å². The van der Waals surface area contributed by atoms with Crippen LogP contribution in [-0.2, 0) is 0 Å². The monoisotopic (exact) mass is 337 g/mol. The number of carbonyl (C=O) groups excluding carboxylic acids is 1. The minimum atomic E-state index is -1.22. The molecule has 0 aliphatic rings. The van der Waals surface area contributed by atoms with Crippen LogP contribution in [0.5, 0.6) is 0 Å². The highest BCUT2D eigenvalue weighted by Gasteiger charge is 2.20. The number of amides is 1. The van der Waals surface area contributed by atoms with Gasteiger partial charge in [-0.05, 0) is 23.6 Å². The van der Waals surface area contributed by atoms with Crippen LogP contribution in [0.3, 0.4) is 0 Å². The fourth-order valence-corrected chi connectivity index (χ4v) is 2.32. The van der Waals surface area contributed by atoms with Crippen molar-refractivity contribution >= 4 is 11.9 Å². The molecule has 0 saturated carbocycles. The second kappa shape index (κ2) is 7.20. The van der Waals surface area contributed by atoms with Gasteiger partial charge in [0.05, 0.1) is 0 Å². The first-order valence-corrected chi connectivity index (χ1v) is 7.31. The number of carbonyl (C=O) groups is 2. The first-order valence-electron chi connectivity index (χ1n) is 7.31. The van der Waals surface area contributed by atoms with Crippen molar-refractivity contribution in [3.05, 3.63) is 52.9 Å². The number of nitrogens with zero attached hydrogens (tertiary/aromatic N) is 1. The van der Waals surface area contributed by atoms with Crippen LogP contribution < -0.4 is 5.32 Å². The predicted molar refractivity (Wildman–Crippen MR) is 81.8 cm³/mol. The number of aromatic nitrogens is 2. The fourth-order valence-electron chi connectivity index (χ4n) is 2.32. The number of benzene rings is 1. The van der Waals surface area contributed by atoms with Crippen molar-refractivity contribution in [1.29, 1.82) is 0 Å². The highest BCUT2D eigenvalue weighted by Crippen LogP contribution is 2.25. The molecule has 0 fully saturated rings. The van der Waals surface area contributed by atoms with Crippen molar-refractivity contribution in [3.8, 4) is 0 Å². The van der Waals surface area contributed by atoms with E-state index in [1.165, 1.54) is 6.07 Å². The number of hydrogen-bond donors (Lipinski definition) is 3. The van der Waals surface area contributed by atoms with Gasteiger partial charge in [0, 0.05) is 18.5 Å². The Hall–Kier alpha value is -2.77. The topological polar surface area (TPSA) is 95.1 Å². The van der Waals surface area contributed by atoms with Crippen LogP contribution >= 0.6 is 0 Å². The average Bonchev–Trinajstić information content (AvgIpc) is 3.00. The molecule has 128 valence electrons. The van der Waals surface area contributed by atoms with E-state index in [1.54, 1.807) is 0 Å². The molecule has 1 unspecified atom stereocenters. The Bertz CT molecular complexity index is 759. The molecule has 1 aromatic heterocycles. The van der Waals surface area contributed by atoms with Crippen LogP contribution in [0.4, 0.5) is 8.78 Å². The zero-order chi connectivity index (χ0) is 17.9. The number of aromatic carboxylic acids is 1. The van der Waals surface area contributed by atoms with Gasteiger partial charge in [-0.25, -0.2) is 13.6 Å². The van der Waals surface area contributed by atoms with E-state index in [-0.39, 0.29) is 29.8 Å². The van der Waals surface area contributed by atoms with Gasteiger partial charge in [0.1, 0.15) is 5.69 Å². The molecule has 1 heterocycles. The molecule has 0 radical (unpaired) electrons. The molecule has 2 aromatic rings. The van der Waals surface area contributed by atoms with E-state index >= 15 is 0 Å². The number of hydrogen-bond acceptors (Lipinski definition) is 3. The zero-order valence-electron chi connectivity index (χ0n) is 13.1. The van der Waals surface area contributed by atoms with Gasteiger partial charge < -0.3 is 10.4 Å². The standard InChI is InChI=1S/C16H17F2N3O3/c1-8(2)10(9-3-4-11(17)12(18)5-9)7-19-15(22)13-6-14(16(23)24)21-20-13/h3-6,8,10H,7H2,1-2H3,(H,19,22)(H,20,21)(H,23,24). The molecular weight excluding hydrogens is 320 g/mol. The quantitative estimate of drug-likeness (QED) is 0.755. The summed E-state index contributed by atoms with van der Waals surface area (Å²) in [7, 11) is 0. The highest BCUT2D eigenvalue weighted by atomic mass is 19.2. The second-order valence-corrected chi connectivity index (χ2v) is 5.71. The molecule has 8 heteroatoms. The Labute approximate surface area is 136 Å². The molecule has 0 aliphatic carbocycles. The summed E-state index contributed by atoms with van der Waals surface area (Å²) in [5.41, 5.74) is 0.318. The van der Waals surface area contributed by atoms with Gasteiger partial charge in [0.15, 0.2) is 17.3 Å². The van der Waals surface area contributed by atoms with E-state index in [0.29, 0.717) is 5.56 Å². The molecule has 6 nitrogen and oxygen atoms in total. The van der Waals surface area contributed by atoms with Crippen molar-refractivity contribution in [3.63, 3.8) is 0 Å². The van der Waals surface area contributed by atoms with Crippen LogP contribution in [0.15, 0.2) is 24.3 Å². The van der Waals surface area contributed by atoms with Crippen LogP contribution in [0.1, 0.15) is 46.3 Å². The fraction of sp³-hybridized carbons (Fsp3) is 0.312. The van der Waals surface area contributed by atoms with Crippen LogP contribution in [-0.4, -0.2) is 33.7 Å². The van der Waals surface area contributed by atoms with Crippen LogP contribution in [0.25, 0.3) is 0 Å². The summed E-state index contributed by atoms with van der Waals surface area (Å²) in [5.74, 6) is -3.81. The van der Waals surface area contributed by atoms with E-state index < -0.39 is 23.5 Å². The van der Waals surface area contributed by atoms with E-state index in [4.69, 9.17) is 5.11 Å². The molecule has 0 bridgehead atoms. The largest absolute Gasteiger partial charge is 0.477 e. The van der Waals surface area contributed by atoms with E-state index in [9.17, 15) is 18.4 Å². The Morgan fingerprint density at radius 3 is 2.50 bits per heavy atom. The van der Waals surface area contributed by atoms with Crippen LogP contribution in [0, 0.1) is 17.6 Å². The smallest absolute Gasteiger partial charge is 0.353 e. The predicted octanol–water partition coefficient (Wildman–Crippen LogP) is 2.56. The lowest BCUT2D eigenvalue weighted by atomic mass is 9.88. The molecule has 2 rings (SSSR count). The summed E-state index contributed by atoms with van der Waals surface area (Å²) in [4.78, 5) is 22.8. The first kappa shape index (κ1) is 17.6. The van der Waals surface area contributed by atoms with Gasteiger partial charge in [-0.2, -0.15) is 5.10 Å². The lowest BCUT2D eigenvalue weighted by Crippen LogP contribution is -2.30. The van der Waals surface area contributed by atoms with Crippen molar-refractivity contribution in [2.75, 3.05) is 6.54 Å². The molecule has 1 amide bonds. The molecule has 1 aromatic carbocycles. The summed E-state index contributed by atoms with van der Waals surface area (Å²) in [6.45, 7) is 3.97. The number of nitrogens with one attached hydrogen (secondary N) is 2. The number of halogens is 2.